The zero-order chi connectivity index (χ0) is 16.6. The van der Waals surface area contributed by atoms with Crippen LogP contribution in [0, 0.1) is 16.0 Å². The van der Waals surface area contributed by atoms with Crippen LogP contribution in [-0.2, 0) is 14.6 Å². The van der Waals surface area contributed by atoms with Gasteiger partial charge in [-0.05, 0) is 31.4 Å². The van der Waals surface area contributed by atoms with Gasteiger partial charge in [-0.2, -0.15) is 0 Å². The molecule has 1 aromatic rings. The minimum atomic E-state index is -3.66. The van der Waals surface area contributed by atoms with Crippen molar-refractivity contribution < 1.29 is 18.1 Å². The normalized spacial score (nSPS) is 25.0. The molecule has 2 saturated heterocycles. The van der Waals surface area contributed by atoms with Gasteiger partial charge in [0.05, 0.1) is 11.0 Å². The topological polar surface area (TPSA) is 89.8 Å². The average Bonchev–Trinajstić information content (AvgIpc) is 2.52. The van der Waals surface area contributed by atoms with Gasteiger partial charge < -0.3 is 9.64 Å². The van der Waals surface area contributed by atoms with Crippen molar-refractivity contribution in [3.05, 3.63) is 28.3 Å². The maximum absolute atomic E-state index is 11.9. The number of anilines is 1. The lowest BCUT2D eigenvalue weighted by atomic mass is 9.88. The number of ether oxygens (including phenoxy) is 1. The Balaban J connectivity index is 1.98. The van der Waals surface area contributed by atoms with Crippen molar-refractivity contribution in [1.82, 2.24) is 0 Å². The highest BCUT2D eigenvalue weighted by molar-refractivity contribution is 7.90. The Labute approximate surface area is 135 Å². The molecule has 0 radical (unpaired) electrons. The van der Waals surface area contributed by atoms with Gasteiger partial charge in [-0.3, -0.25) is 10.1 Å². The van der Waals surface area contributed by atoms with E-state index in [9.17, 15) is 18.5 Å². The number of fused-ring (bicyclic) bond motifs is 1. The largest absolute Gasteiger partial charge is 0.378 e. The Morgan fingerprint density at radius 2 is 2.13 bits per heavy atom. The van der Waals surface area contributed by atoms with Gasteiger partial charge >= 0.3 is 5.69 Å². The molecule has 0 saturated carbocycles. The molecule has 7 nitrogen and oxygen atoms in total. The summed E-state index contributed by atoms with van der Waals surface area (Å²) in [6.07, 6.45) is 4.07. The van der Waals surface area contributed by atoms with Crippen molar-refractivity contribution >= 4 is 21.2 Å². The second kappa shape index (κ2) is 6.09. The molecule has 2 atom stereocenters. The second-order valence-corrected chi connectivity index (χ2v) is 8.18. The zero-order valence-electron chi connectivity index (χ0n) is 13.0. The number of benzene rings is 1. The molecule has 0 bridgehead atoms. The number of hydrogen-bond donors (Lipinski definition) is 0. The molecule has 2 heterocycles. The van der Waals surface area contributed by atoms with Crippen LogP contribution in [0.2, 0.25) is 0 Å². The van der Waals surface area contributed by atoms with Crippen LogP contribution in [-0.4, -0.2) is 45.4 Å². The van der Waals surface area contributed by atoms with Crippen molar-refractivity contribution in [2.24, 2.45) is 5.92 Å². The van der Waals surface area contributed by atoms with Crippen LogP contribution in [0.3, 0.4) is 0 Å². The van der Waals surface area contributed by atoms with Gasteiger partial charge in [-0.15, -0.1) is 0 Å². The molecule has 1 aromatic carbocycles. The molecule has 0 aliphatic carbocycles. The summed E-state index contributed by atoms with van der Waals surface area (Å²) in [6, 6.07) is 4.51. The third kappa shape index (κ3) is 3.18. The van der Waals surface area contributed by atoms with E-state index in [1.54, 1.807) is 12.1 Å². The van der Waals surface area contributed by atoms with Crippen molar-refractivity contribution in [3.63, 3.8) is 0 Å². The van der Waals surface area contributed by atoms with Crippen LogP contribution in [0.25, 0.3) is 0 Å². The fourth-order valence-electron chi connectivity index (χ4n) is 3.55. The number of para-hydroxylation sites is 1. The van der Waals surface area contributed by atoms with Crippen molar-refractivity contribution in [2.75, 3.05) is 30.9 Å². The van der Waals surface area contributed by atoms with Crippen molar-refractivity contribution in [3.8, 4) is 0 Å². The van der Waals surface area contributed by atoms with E-state index >= 15 is 0 Å². The fraction of sp³-hybridized carbons (Fsp3) is 0.600. The van der Waals surface area contributed by atoms with E-state index < -0.39 is 14.8 Å². The Kier molecular flexibility index (Phi) is 4.29. The minimum Gasteiger partial charge on any atom is -0.378 e. The molecule has 2 aliphatic heterocycles. The first kappa shape index (κ1) is 16.2. The van der Waals surface area contributed by atoms with Crippen molar-refractivity contribution in [1.29, 1.82) is 0 Å². The van der Waals surface area contributed by atoms with Crippen LogP contribution < -0.4 is 4.90 Å². The first-order valence-corrected chi connectivity index (χ1v) is 9.61. The fourth-order valence-corrected chi connectivity index (χ4v) is 4.41. The number of hydrogen-bond acceptors (Lipinski definition) is 6. The molecular weight excluding hydrogens is 320 g/mol. The Morgan fingerprint density at radius 3 is 2.83 bits per heavy atom. The van der Waals surface area contributed by atoms with E-state index in [0.717, 1.165) is 32.1 Å². The summed E-state index contributed by atoms with van der Waals surface area (Å²) in [4.78, 5) is 12.6. The van der Waals surface area contributed by atoms with E-state index in [4.69, 9.17) is 4.74 Å². The number of nitrogens with zero attached hydrogens (tertiary/aromatic N) is 2. The highest BCUT2D eigenvalue weighted by atomic mass is 32.2. The molecule has 8 heteroatoms. The molecule has 0 N–H and O–H groups in total. The quantitative estimate of drug-likeness (QED) is 0.617. The summed E-state index contributed by atoms with van der Waals surface area (Å²) in [5.41, 5.74) is 0.0760. The lowest BCUT2D eigenvalue weighted by Gasteiger charge is -2.41. The number of sulfone groups is 1. The van der Waals surface area contributed by atoms with E-state index in [1.165, 1.54) is 6.07 Å². The highest BCUT2D eigenvalue weighted by Gasteiger charge is 2.36. The Morgan fingerprint density at radius 1 is 1.35 bits per heavy atom. The van der Waals surface area contributed by atoms with Crippen LogP contribution in [0.15, 0.2) is 23.1 Å². The van der Waals surface area contributed by atoms with Crippen molar-refractivity contribution in [2.45, 2.75) is 30.3 Å². The molecule has 2 unspecified atom stereocenters. The standard InChI is InChI=1S/C15H20N2O5S/c1-23(20,21)14-6-2-5-12(15(14)17(18)19)16-8-7-13-11(10-16)4-3-9-22-13/h2,5-6,11,13H,3-4,7-10H2,1H3. The molecule has 2 fully saturated rings. The molecule has 0 amide bonds. The number of nitro benzene ring substituents is 1. The summed E-state index contributed by atoms with van der Waals surface area (Å²) in [5.74, 6) is 0.346. The van der Waals surface area contributed by atoms with Gasteiger partial charge in [-0.1, -0.05) is 6.07 Å². The van der Waals surface area contributed by atoms with E-state index in [0.29, 0.717) is 24.7 Å². The maximum Gasteiger partial charge on any atom is 0.311 e. The molecule has 3 rings (SSSR count). The Bertz CT molecular complexity index is 719. The second-order valence-electron chi connectivity index (χ2n) is 6.20. The van der Waals surface area contributed by atoms with Gasteiger partial charge in [0.2, 0.25) is 0 Å². The van der Waals surface area contributed by atoms with E-state index in [1.807, 2.05) is 4.90 Å². The summed E-state index contributed by atoms with van der Waals surface area (Å²) >= 11 is 0. The van der Waals surface area contributed by atoms with E-state index in [-0.39, 0.29) is 16.7 Å². The first-order chi connectivity index (χ1) is 10.9. The first-order valence-electron chi connectivity index (χ1n) is 7.72. The number of nitro groups is 1. The summed E-state index contributed by atoms with van der Waals surface area (Å²) in [5, 5.41) is 11.5. The zero-order valence-corrected chi connectivity index (χ0v) is 13.8. The van der Waals surface area contributed by atoms with Crippen LogP contribution >= 0.6 is 0 Å². The number of piperidine rings is 1. The van der Waals surface area contributed by atoms with Gasteiger partial charge in [-0.25, -0.2) is 8.42 Å². The van der Waals surface area contributed by atoms with E-state index in [2.05, 4.69) is 0 Å². The lowest BCUT2D eigenvalue weighted by molar-refractivity contribution is -0.387. The van der Waals surface area contributed by atoms with Gasteiger partial charge in [0.25, 0.3) is 0 Å². The summed E-state index contributed by atoms with van der Waals surface area (Å²) < 4.78 is 29.5. The van der Waals surface area contributed by atoms with Gasteiger partial charge in [0.15, 0.2) is 9.84 Å². The number of rotatable bonds is 3. The summed E-state index contributed by atoms with van der Waals surface area (Å²) in [6.45, 7) is 2.08. The maximum atomic E-state index is 11.9. The molecule has 126 valence electrons. The van der Waals surface area contributed by atoms with Gasteiger partial charge in [0.1, 0.15) is 10.6 Å². The SMILES string of the molecule is CS(=O)(=O)c1cccc(N2CCC3OCCCC3C2)c1[N+](=O)[O-]. The average molecular weight is 340 g/mol. The third-order valence-electron chi connectivity index (χ3n) is 4.62. The molecule has 2 aliphatic rings. The highest BCUT2D eigenvalue weighted by Crippen LogP contribution is 2.38. The third-order valence-corrected chi connectivity index (χ3v) is 5.74. The predicted octanol–water partition coefficient (Wildman–Crippen LogP) is 2.00. The van der Waals surface area contributed by atoms with Crippen LogP contribution in [0.1, 0.15) is 19.3 Å². The molecular formula is C15H20N2O5S. The minimum absolute atomic E-state index is 0.220. The molecule has 0 aromatic heterocycles. The predicted molar refractivity (Wildman–Crippen MR) is 85.5 cm³/mol. The monoisotopic (exact) mass is 340 g/mol. The molecule has 0 spiro atoms. The smallest absolute Gasteiger partial charge is 0.311 e. The molecule has 23 heavy (non-hydrogen) atoms. The summed E-state index contributed by atoms with van der Waals surface area (Å²) in [7, 11) is -3.66. The van der Waals surface area contributed by atoms with Crippen LogP contribution in [0.4, 0.5) is 11.4 Å². The van der Waals surface area contributed by atoms with Gasteiger partial charge in [0, 0.05) is 31.9 Å². The Hall–Kier alpha value is -1.67. The lowest BCUT2D eigenvalue weighted by Crippen LogP contribution is -2.46. The van der Waals surface area contributed by atoms with Crippen LogP contribution in [0.5, 0.6) is 0 Å².